The van der Waals surface area contributed by atoms with Crippen molar-refractivity contribution in [3.8, 4) is 28.5 Å². The minimum atomic E-state index is -0.00978. The van der Waals surface area contributed by atoms with Gasteiger partial charge in [-0.1, -0.05) is 90.1 Å². The predicted molar refractivity (Wildman–Crippen MR) is 170 cm³/mol. The number of aromatic nitrogens is 4. The van der Waals surface area contributed by atoms with E-state index in [2.05, 4.69) is 147 Å². The molecule has 7 rings (SSSR count). The van der Waals surface area contributed by atoms with Gasteiger partial charge in [0.2, 0.25) is 5.28 Å². The molecular formula is C36H33ClN4. The van der Waals surface area contributed by atoms with Crippen LogP contribution >= 0.6 is 11.6 Å². The molecule has 0 radical (unpaired) electrons. The van der Waals surface area contributed by atoms with Crippen molar-refractivity contribution < 1.29 is 0 Å². The Labute approximate surface area is 246 Å². The van der Waals surface area contributed by atoms with Gasteiger partial charge in [-0.15, -0.1) is 0 Å². The first-order valence-electron chi connectivity index (χ1n) is 14.2. The first-order valence-corrected chi connectivity index (χ1v) is 14.5. The summed E-state index contributed by atoms with van der Waals surface area (Å²) in [6, 6.07) is 32.0. The van der Waals surface area contributed by atoms with Gasteiger partial charge in [-0.2, -0.15) is 9.97 Å². The lowest BCUT2D eigenvalue weighted by molar-refractivity contribution is 0.125. The molecule has 4 aromatic carbocycles. The Balaban J connectivity index is 1.30. The molecule has 0 aliphatic heterocycles. The maximum atomic E-state index is 6.49. The molecule has 0 bridgehead atoms. The van der Waals surface area contributed by atoms with Crippen molar-refractivity contribution in [1.29, 1.82) is 0 Å². The minimum Gasteiger partial charge on any atom is -0.309 e. The molecular weight excluding hydrogens is 524 g/mol. The van der Waals surface area contributed by atoms with Gasteiger partial charge in [0.1, 0.15) is 0 Å². The summed E-state index contributed by atoms with van der Waals surface area (Å²) in [5.41, 5.74) is 8.14. The monoisotopic (exact) mass is 556 g/mol. The highest BCUT2D eigenvalue weighted by Crippen LogP contribution is 2.61. The highest BCUT2D eigenvalue weighted by atomic mass is 35.5. The van der Waals surface area contributed by atoms with Crippen molar-refractivity contribution in [2.45, 2.75) is 52.4 Å². The Morgan fingerprint density at radius 3 is 1.68 bits per heavy atom. The fraction of sp³-hybridized carbons (Fsp3) is 0.250. The molecule has 0 saturated carbocycles. The molecule has 0 N–H and O–H groups in total. The highest BCUT2D eigenvalue weighted by molar-refractivity contribution is 6.28. The summed E-state index contributed by atoms with van der Waals surface area (Å²) < 4.78 is 2.30. The Hall–Kier alpha value is -4.02. The molecule has 0 amide bonds. The second-order valence-corrected chi connectivity index (χ2v) is 13.1. The quantitative estimate of drug-likeness (QED) is 0.218. The van der Waals surface area contributed by atoms with Crippen LogP contribution in [0.25, 0.3) is 50.3 Å². The van der Waals surface area contributed by atoms with E-state index in [1.165, 1.54) is 32.9 Å². The van der Waals surface area contributed by atoms with E-state index >= 15 is 0 Å². The molecule has 6 aromatic rings. The second-order valence-electron chi connectivity index (χ2n) is 12.8. The number of rotatable bonds is 3. The second kappa shape index (κ2) is 8.74. The number of para-hydroxylation sites is 2. The molecule has 204 valence electrons. The largest absolute Gasteiger partial charge is 0.309 e. The summed E-state index contributed by atoms with van der Waals surface area (Å²) in [5.74, 6) is 1.15. The maximum Gasteiger partial charge on any atom is 0.226 e. The number of hydrogen-bond acceptors (Lipinski definition) is 3. The van der Waals surface area contributed by atoms with Gasteiger partial charge in [-0.3, -0.25) is 0 Å². The Morgan fingerprint density at radius 1 is 0.561 bits per heavy atom. The Bertz CT molecular complexity index is 1930. The fourth-order valence-electron chi connectivity index (χ4n) is 6.77. The average molecular weight is 557 g/mol. The van der Waals surface area contributed by atoms with E-state index in [1.807, 2.05) is 0 Å². The van der Waals surface area contributed by atoms with Gasteiger partial charge < -0.3 is 4.57 Å². The van der Waals surface area contributed by atoms with Gasteiger partial charge in [0.25, 0.3) is 0 Å². The normalized spacial score (nSPS) is 16.8. The van der Waals surface area contributed by atoms with Crippen molar-refractivity contribution in [3.63, 3.8) is 0 Å². The van der Waals surface area contributed by atoms with Crippen LogP contribution in [0, 0.1) is 5.41 Å². The zero-order valence-corrected chi connectivity index (χ0v) is 25.1. The number of halogens is 1. The lowest BCUT2D eigenvalue weighted by atomic mass is 9.59. The van der Waals surface area contributed by atoms with E-state index in [4.69, 9.17) is 16.6 Å². The molecule has 2 aromatic heterocycles. The van der Waals surface area contributed by atoms with E-state index in [1.54, 1.807) is 0 Å². The third-order valence-corrected chi connectivity index (χ3v) is 10.5. The van der Waals surface area contributed by atoms with E-state index in [0.717, 1.165) is 16.8 Å². The van der Waals surface area contributed by atoms with Crippen LogP contribution in [0.3, 0.4) is 0 Å². The van der Waals surface area contributed by atoms with Crippen molar-refractivity contribution >= 4 is 33.4 Å². The van der Waals surface area contributed by atoms with Crippen molar-refractivity contribution in [3.05, 3.63) is 107 Å². The van der Waals surface area contributed by atoms with Crippen molar-refractivity contribution in [2.24, 2.45) is 5.41 Å². The lowest BCUT2D eigenvalue weighted by Crippen LogP contribution is -2.42. The summed E-state index contributed by atoms with van der Waals surface area (Å²) >= 11 is 6.49. The van der Waals surface area contributed by atoms with E-state index in [-0.39, 0.29) is 21.5 Å². The third-order valence-electron chi connectivity index (χ3n) is 10.3. The summed E-state index contributed by atoms with van der Waals surface area (Å²) in [6.45, 7) is 14.1. The van der Waals surface area contributed by atoms with Gasteiger partial charge >= 0.3 is 0 Å². The maximum absolute atomic E-state index is 6.49. The zero-order chi connectivity index (χ0) is 28.7. The number of benzene rings is 4. The van der Waals surface area contributed by atoms with E-state index in [0.29, 0.717) is 11.6 Å². The standard InChI is InChI=1S/C36H33ClN4/c1-34(2)27-20-17-23(21-28(27)35(3,4)36(34,5)6)32-38-31(39-33(37)40-32)22-15-18-24(19-16-22)41-29-13-9-7-11-25(29)26-12-8-10-14-30(26)41/h7-21H,1-6H3. The van der Waals surface area contributed by atoms with Gasteiger partial charge in [0, 0.05) is 27.6 Å². The molecule has 1 aliphatic carbocycles. The van der Waals surface area contributed by atoms with Gasteiger partial charge in [-0.05, 0) is 81.4 Å². The van der Waals surface area contributed by atoms with E-state index < -0.39 is 0 Å². The number of fused-ring (bicyclic) bond motifs is 4. The summed E-state index contributed by atoms with van der Waals surface area (Å²) in [5, 5.41) is 2.67. The van der Waals surface area contributed by atoms with Crippen LogP contribution in [-0.4, -0.2) is 19.5 Å². The van der Waals surface area contributed by atoms with Crippen LogP contribution in [0.1, 0.15) is 52.7 Å². The van der Waals surface area contributed by atoms with Crippen LogP contribution in [0.4, 0.5) is 0 Å². The molecule has 0 fully saturated rings. The van der Waals surface area contributed by atoms with Crippen molar-refractivity contribution in [1.82, 2.24) is 19.5 Å². The average Bonchev–Trinajstić information content (AvgIpc) is 3.35. The third kappa shape index (κ3) is 3.63. The van der Waals surface area contributed by atoms with Gasteiger partial charge in [0.05, 0.1) is 11.0 Å². The van der Waals surface area contributed by atoms with Crippen LogP contribution in [0.15, 0.2) is 91.0 Å². The van der Waals surface area contributed by atoms with Crippen LogP contribution in [0.2, 0.25) is 5.28 Å². The van der Waals surface area contributed by atoms with Crippen LogP contribution in [0.5, 0.6) is 0 Å². The molecule has 1 aliphatic rings. The molecule has 5 heteroatoms. The van der Waals surface area contributed by atoms with Crippen LogP contribution in [-0.2, 0) is 10.8 Å². The first kappa shape index (κ1) is 25.9. The van der Waals surface area contributed by atoms with Gasteiger partial charge in [0.15, 0.2) is 11.6 Å². The summed E-state index contributed by atoms with van der Waals surface area (Å²) in [6.07, 6.45) is 0. The summed E-state index contributed by atoms with van der Waals surface area (Å²) in [4.78, 5) is 13.9. The van der Waals surface area contributed by atoms with E-state index in [9.17, 15) is 0 Å². The molecule has 0 spiro atoms. The smallest absolute Gasteiger partial charge is 0.226 e. The molecule has 0 atom stereocenters. The topological polar surface area (TPSA) is 43.6 Å². The highest BCUT2D eigenvalue weighted by Gasteiger charge is 2.56. The van der Waals surface area contributed by atoms with Crippen molar-refractivity contribution in [2.75, 3.05) is 0 Å². The Morgan fingerprint density at radius 2 is 1.07 bits per heavy atom. The number of hydrogen-bond donors (Lipinski definition) is 0. The minimum absolute atomic E-state index is 0.00978. The molecule has 0 unspecified atom stereocenters. The molecule has 0 saturated heterocycles. The SMILES string of the molecule is CC1(C)c2ccc(-c3nc(Cl)nc(-c4ccc(-n5c6ccccc6c6ccccc65)cc4)n3)cc2C(C)(C)C1(C)C. The lowest BCUT2D eigenvalue weighted by Gasteiger charge is -2.44. The zero-order valence-electron chi connectivity index (χ0n) is 24.3. The number of nitrogens with zero attached hydrogens (tertiary/aromatic N) is 4. The first-order chi connectivity index (χ1) is 19.5. The van der Waals surface area contributed by atoms with Gasteiger partial charge in [-0.25, -0.2) is 4.98 Å². The molecule has 4 nitrogen and oxygen atoms in total. The Kier molecular flexibility index (Phi) is 5.52. The van der Waals surface area contributed by atoms with Crippen LogP contribution < -0.4 is 0 Å². The molecule has 2 heterocycles. The fourth-order valence-corrected chi connectivity index (χ4v) is 6.93. The predicted octanol–water partition coefficient (Wildman–Crippen LogP) is 9.55. The molecule has 41 heavy (non-hydrogen) atoms. The summed E-state index contributed by atoms with van der Waals surface area (Å²) in [7, 11) is 0.